The van der Waals surface area contributed by atoms with Crippen LogP contribution in [0.5, 0.6) is 0 Å². The van der Waals surface area contributed by atoms with Gasteiger partial charge in [0, 0.05) is 84.7 Å². The normalized spacial score (nSPS) is 12.9. The second kappa shape index (κ2) is 22.2. The number of quaternary nitrogens is 1. The third-order valence-electron chi connectivity index (χ3n) is 13.6. The number of aromatic nitrogens is 2. The van der Waals surface area contributed by atoms with E-state index in [1.807, 2.05) is 24.3 Å². The summed E-state index contributed by atoms with van der Waals surface area (Å²) in [5, 5.41) is 42.4. The van der Waals surface area contributed by atoms with Crippen LogP contribution in [-0.2, 0) is 22.7 Å². The molecule has 0 saturated carbocycles. The summed E-state index contributed by atoms with van der Waals surface area (Å²) in [5.41, 5.74) is 6.76. The largest absolute Gasteiger partial charge is 0.477 e. The van der Waals surface area contributed by atoms with E-state index in [2.05, 4.69) is 110 Å². The van der Waals surface area contributed by atoms with Crippen LogP contribution in [0, 0.1) is 34.5 Å². The van der Waals surface area contributed by atoms with Crippen LogP contribution in [0.25, 0.3) is 96.2 Å². The van der Waals surface area contributed by atoms with E-state index in [1.54, 1.807) is 34.8 Å². The van der Waals surface area contributed by atoms with Gasteiger partial charge in [-0.2, -0.15) is 10.5 Å². The van der Waals surface area contributed by atoms with Crippen molar-refractivity contribution < 1.29 is 19.8 Å². The zero-order valence-electron chi connectivity index (χ0n) is 40.8. The Bertz CT molecular complexity index is 3350. The van der Waals surface area contributed by atoms with Crippen molar-refractivity contribution in [1.82, 2.24) is 15.3 Å². The molecule has 0 aliphatic rings. The number of hydrogen-bond acceptors (Lipinski definition) is 8. The van der Waals surface area contributed by atoms with Gasteiger partial charge in [-0.05, 0) is 133 Å². The zero-order chi connectivity index (χ0) is 49.1. The topological polar surface area (TPSA) is 169 Å². The summed E-state index contributed by atoms with van der Waals surface area (Å²) in [6, 6.07) is 38.8. The second-order valence-corrected chi connectivity index (χ2v) is 22.5. The minimum absolute atomic E-state index is 0. The molecule has 0 saturated heterocycles. The highest BCUT2D eigenvalue weighted by Gasteiger charge is 2.22. The van der Waals surface area contributed by atoms with Crippen molar-refractivity contribution in [3.8, 4) is 52.5 Å². The lowest BCUT2D eigenvalue weighted by Gasteiger charge is -2.19. The third-order valence-corrected chi connectivity index (χ3v) is 18.3. The number of aliphatic carboxylic acids is 2. The van der Waals surface area contributed by atoms with Gasteiger partial charge in [0.15, 0.2) is 0 Å². The van der Waals surface area contributed by atoms with E-state index in [4.69, 9.17) is 0 Å². The summed E-state index contributed by atoms with van der Waals surface area (Å²) in [4.78, 5) is 31.0. The van der Waals surface area contributed by atoms with Crippen molar-refractivity contribution in [3.05, 3.63) is 118 Å². The molecule has 6 heterocycles. The molecule has 0 fully saturated rings. The number of carboxylic acids is 2. The molecule has 0 radical (unpaired) electrons. The molecule has 9 aromatic rings. The molecule has 0 amide bonds. The molecule has 0 bridgehead atoms. The highest BCUT2D eigenvalue weighted by Crippen LogP contribution is 2.45. The molecule has 2 unspecified atom stereocenters. The fourth-order valence-electron chi connectivity index (χ4n) is 9.68. The number of hydrogen-bond donors (Lipinski definition) is 3. The Balaban J connectivity index is 0.00000676. The maximum absolute atomic E-state index is 11.5. The molecular weight excluding hydrogens is 959 g/mol. The van der Waals surface area contributed by atoms with Crippen molar-refractivity contribution in [2.75, 3.05) is 0 Å². The number of nitriles is 2. The van der Waals surface area contributed by atoms with Gasteiger partial charge >= 0.3 is 11.9 Å². The lowest BCUT2D eigenvalue weighted by Crippen LogP contribution is -2.11. The number of fused-ring (bicyclic) bond motifs is 6. The SMILES string of the molecule is CCCCC(CC)Cn1c2ccc(-c3ccc(-c4ccc(/C=C(\C#N)C(=O)O)s4)s3)cc2c2cc3c4cc(-c5ccc(-c6ccc(/C=C(\C#N)C(=O)O)s6)s5)ccc4n(CC(CC)CCCC)c3cc21.[NH4+]. The van der Waals surface area contributed by atoms with Crippen LogP contribution in [-0.4, -0.2) is 31.3 Å². The molecule has 6 aromatic heterocycles. The predicted molar refractivity (Wildman–Crippen MR) is 301 cm³/mol. The molecule has 9 nitrogen and oxygen atoms in total. The highest BCUT2D eigenvalue weighted by atomic mass is 32.1. The van der Waals surface area contributed by atoms with E-state index in [0.717, 1.165) is 76.1 Å². The summed E-state index contributed by atoms with van der Waals surface area (Å²) < 4.78 is 5.21. The number of rotatable bonds is 20. The Kier molecular flexibility index (Phi) is 15.9. The van der Waals surface area contributed by atoms with Crippen LogP contribution in [0.3, 0.4) is 0 Å². The van der Waals surface area contributed by atoms with Gasteiger partial charge in [0.25, 0.3) is 0 Å². The number of unbranched alkanes of at least 4 members (excludes halogenated alkanes) is 2. The van der Waals surface area contributed by atoms with Gasteiger partial charge in [-0.25, -0.2) is 9.59 Å². The van der Waals surface area contributed by atoms with Gasteiger partial charge in [0.2, 0.25) is 0 Å². The number of carbonyl (C=O) groups is 2. The summed E-state index contributed by atoms with van der Waals surface area (Å²) in [6.45, 7) is 11.1. The van der Waals surface area contributed by atoms with Crippen LogP contribution < -0.4 is 6.15 Å². The fourth-order valence-corrected chi connectivity index (χ4v) is 13.8. The summed E-state index contributed by atoms with van der Waals surface area (Å²) >= 11 is 6.40. The average Bonchev–Trinajstić information content (AvgIpc) is 4.25. The Labute approximate surface area is 430 Å². The first-order chi connectivity index (χ1) is 34.0. The van der Waals surface area contributed by atoms with Gasteiger partial charge in [-0.15, -0.1) is 45.3 Å². The Morgan fingerprint density at radius 2 is 0.901 bits per heavy atom. The predicted octanol–water partition coefficient (Wildman–Crippen LogP) is 17.6. The van der Waals surface area contributed by atoms with Crippen LogP contribution in [0.15, 0.2) is 108 Å². The first-order valence-electron chi connectivity index (χ1n) is 24.2. The molecule has 6 N–H and O–H groups in total. The summed E-state index contributed by atoms with van der Waals surface area (Å²) in [5.74, 6) is -1.35. The number of carboxylic acid groups (broad SMARTS) is 2. The van der Waals surface area contributed by atoms with E-state index in [9.17, 15) is 30.3 Å². The Hall–Kier alpha value is -6.58. The molecule has 362 valence electrons. The Morgan fingerprint density at radius 1 is 0.521 bits per heavy atom. The van der Waals surface area contributed by atoms with Crippen molar-refractivity contribution in [2.24, 2.45) is 11.8 Å². The first kappa shape index (κ1) is 50.8. The van der Waals surface area contributed by atoms with Gasteiger partial charge < -0.3 is 25.5 Å². The van der Waals surface area contributed by atoms with Crippen molar-refractivity contribution in [2.45, 2.75) is 92.2 Å². The van der Waals surface area contributed by atoms with E-state index in [1.165, 1.54) is 117 Å². The minimum Gasteiger partial charge on any atom is -0.477 e. The monoisotopic (exact) mass is 1020 g/mol. The zero-order valence-corrected chi connectivity index (χ0v) is 44.0. The second-order valence-electron chi connectivity index (χ2n) is 18.1. The average molecular weight is 1020 g/mol. The molecular formula is C58H58N5O4S4+. The molecule has 9 rings (SSSR count). The van der Waals surface area contributed by atoms with Crippen molar-refractivity contribution in [1.29, 1.82) is 10.5 Å². The van der Waals surface area contributed by atoms with E-state index in [-0.39, 0.29) is 17.3 Å². The molecule has 0 aliphatic heterocycles. The van der Waals surface area contributed by atoms with E-state index >= 15 is 0 Å². The number of benzene rings is 3. The van der Waals surface area contributed by atoms with Crippen LogP contribution in [0.4, 0.5) is 0 Å². The third kappa shape index (κ3) is 10.4. The Morgan fingerprint density at radius 3 is 1.28 bits per heavy atom. The standard InChI is InChI=1S/C58H54N4O4S4.H3N/c1-5-9-11-35(7-3)33-61-47-17-13-37(51-21-23-55(69-51)53-19-15-41(67-53)25-39(31-59)57(63)64)27-43(47)45-29-46-44-28-38(14-18-48(44)62(50(46)30-49(45)61)34-36(8-4)12-10-6-2)52-22-24-56(70-52)54-20-16-42(68-54)26-40(32-60)58(65)66;/h13-30,35-36H,5-12,33-34H2,1-4H3,(H,63,64)(H,65,66);1H3/p+1/b39-25+,40-26+;. The fraction of sp³-hybridized carbons (Fsp3) is 0.276. The van der Waals surface area contributed by atoms with Gasteiger partial charge in [-0.1, -0.05) is 78.4 Å². The lowest BCUT2D eigenvalue weighted by molar-refractivity contribution is -0.133. The highest BCUT2D eigenvalue weighted by molar-refractivity contribution is 7.24. The van der Waals surface area contributed by atoms with Gasteiger partial charge in [0.1, 0.15) is 23.3 Å². The lowest BCUT2D eigenvalue weighted by atomic mass is 9.99. The maximum atomic E-state index is 11.5. The van der Waals surface area contributed by atoms with Crippen LogP contribution in [0.1, 0.15) is 88.8 Å². The molecule has 13 heteroatoms. The maximum Gasteiger partial charge on any atom is 0.346 e. The van der Waals surface area contributed by atoms with Crippen LogP contribution >= 0.6 is 45.3 Å². The summed E-state index contributed by atoms with van der Waals surface area (Å²) in [7, 11) is 0. The smallest absolute Gasteiger partial charge is 0.346 e. The van der Waals surface area contributed by atoms with Crippen LogP contribution in [0.2, 0.25) is 0 Å². The number of thiophene rings is 4. The molecule has 0 spiro atoms. The molecule has 0 aliphatic carbocycles. The quantitative estimate of drug-likeness (QED) is 0.0507. The van der Waals surface area contributed by atoms with E-state index in [0.29, 0.717) is 11.8 Å². The van der Waals surface area contributed by atoms with E-state index < -0.39 is 11.9 Å². The molecule has 71 heavy (non-hydrogen) atoms. The number of nitrogens with zero attached hydrogens (tertiary/aromatic N) is 4. The molecule has 2 atom stereocenters. The van der Waals surface area contributed by atoms with Gasteiger partial charge in [-0.3, -0.25) is 0 Å². The van der Waals surface area contributed by atoms with Gasteiger partial charge in [0.05, 0.1) is 11.0 Å². The molecule has 3 aromatic carbocycles. The van der Waals surface area contributed by atoms with Crippen molar-refractivity contribution >= 4 is 113 Å². The van der Waals surface area contributed by atoms with Crippen molar-refractivity contribution in [3.63, 3.8) is 0 Å². The minimum atomic E-state index is -1.23. The summed E-state index contributed by atoms with van der Waals surface area (Å²) in [6.07, 6.45) is 12.3. The first-order valence-corrected chi connectivity index (χ1v) is 27.4.